The number of aliphatic hydroxyl groups is 3. The van der Waals surface area contributed by atoms with E-state index in [0.717, 1.165) is 25.8 Å². The maximum absolute atomic E-state index is 10.3. The molecule has 1 fully saturated rings. The van der Waals surface area contributed by atoms with Crippen molar-refractivity contribution in [3.05, 3.63) is 45.4 Å². The molecule has 7 N–H and O–H groups in total. The molecule has 1 aliphatic rings. The molecule has 0 saturated carbocycles. The second kappa shape index (κ2) is 11.3. The zero-order valence-electron chi connectivity index (χ0n) is 16.6. The molecule has 0 radical (unpaired) electrons. The number of aromatic nitrogens is 4. The van der Waals surface area contributed by atoms with Crippen LogP contribution in [0.25, 0.3) is 11.2 Å². The summed E-state index contributed by atoms with van der Waals surface area (Å²) in [6, 6.07) is 6.12. The van der Waals surface area contributed by atoms with Crippen LogP contribution in [0.3, 0.4) is 0 Å². The van der Waals surface area contributed by atoms with Crippen LogP contribution < -0.4 is 5.32 Å². The molecule has 2 aromatic heterocycles. The Balaban J connectivity index is 0.000000196. The molecule has 0 spiro atoms. The second-order valence-electron chi connectivity index (χ2n) is 6.79. The van der Waals surface area contributed by atoms with E-state index in [9.17, 15) is 4.57 Å². The second-order valence-corrected chi connectivity index (χ2v) is 9.86. The van der Waals surface area contributed by atoms with Gasteiger partial charge < -0.3 is 40.1 Å². The van der Waals surface area contributed by atoms with Gasteiger partial charge in [-0.1, -0.05) is 31.9 Å². The zero-order chi connectivity index (χ0) is 24.2. The quantitative estimate of drug-likeness (QED) is 0.195. The molecule has 3 aromatic rings. The number of hydrogen-bond acceptors (Lipinski definition) is 10. The van der Waals surface area contributed by atoms with Crippen molar-refractivity contribution in [3.63, 3.8) is 0 Å². The normalized spacial score (nSPS) is 22.8. The highest BCUT2D eigenvalue weighted by Crippen LogP contribution is 2.37. The highest BCUT2D eigenvalue weighted by atomic mass is 79.9. The van der Waals surface area contributed by atoms with Gasteiger partial charge in [0.1, 0.15) is 30.2 Å². The Labute approximate surface area is 203 Å². The average molecular weight is 613 g/mol. The van der Waals surface area contributed by atoms with Gasteiger partial charge in [-0.15, -0.1) is 0 Å². The number of halogens is 2. The third-order valence-electron chi connectivity index (χ3n) is 4.35. The van der Waals surface area contributed by atoms with Crippen LogP contribution in [0.4, 0.5) is 5.82 Å². The van der Waals surface area contributed by atoms with Crippen LogP contribution in [0.1, 0.15) is 5.56 Å². The van der Waals surface area contributed by atoms with Crippen LogP contribution >= 0.6 is 39.7 Å². The number of aromatic amines is 1. The molecular formula is C17H20Br2N5O8P. The fraction of sp³-hybridized carbons (Fsp3) is 0.353. The Morgan fingerprint density at radius 1 is 1.09 bits per heavy atom. The van der Waals surface area contributed by atoms with Crippen LogP contribution in [-0.4, -0.2) is 76.3 Å². The maximum atomic E-state index is 10.3. The first kappa shape index (κ1) is 26.1. The fourth-order valence-electron chi connectivity index (χ4n) is 2.83. The Kier molecular flexibility index (Phi) is 8.91. The van der Waals surface area contributed by atoms with Crippen molar-refractivity contribution in [1.29, 1.82) is 0 Å². The third-order valence-corrected chi connectivity index (χ3v) is 5.75. The van der Waals surface area contributed by atoms with Crippen molar-refractivity contribution in [2.24, 2.45) is 0 Å². The van der Waals surface area contributed by atoms with Gasteiger partial charge in [0, 0.05) is 15.5 Å². The minimum Gasteiger partial charge on any atom is -0.387 e. The molecular weight excluding hydrogens is 593 g/mol. The number of nitrogens with one attached hydrogen (secondary N) is 2. The van der Waals surface area contributed by atoms with E-state index in [-0.39, 0.29) is 0 Å². The van der Waals surface area contributed by atoms with Crippen LogP contribution in [-0.2, 0) is 20.4 Å². The van der Waals surface area contributed by atoms with Gasteiger partial charge in [0.25, 0.3) is 0 Å². The van der Waals surface area contributed by atoms with Crippen LogP contribution in [0.15, 0.2) is 39.8 Å². The molecule has 3 heterocycles. The van der Waals surface area contributed by atoms with E-state index >= 15 is 0 Å². The van der Waals surface area contributed by atoms with Crippen molar-refractivity contribution in [1.82, 2.24) is 19.9 Å². The number of H-pyrrole nitrogens is 1. The van der Waals surface area contributed by atoms with Gasteiger partial charge in [-0.2, -0.15) is 0 Å². The number of phosphoric acid groups is 1. The molecule has 0 bridgehead atoms. The number of ether oxygens (including phenoxy) is 1. The number of phosphoric ester groups is 1. The number of rotatable bonds is 6. The summed E-state index contributed by atoms with van der Waals surface area (Å²) in [5.74, 6) is 0.749. The van der Waals surface area contributed by atoms with E-state index < -0.39 is 39.0 Å². The van der Waals surface area contributed by atoms with Crippen molar-refractivity contribution in [2.75, 3.05) is 11.9 Å². The van der Waals surface area contributed by atoms with E-state index in [1.807, 2.05) is 6.07 Å². The Bertz CT molecular complexity index is 1110. The van der Waals surface area contributed by atoms with E-state index in [1.54, 1.807) is 6.33 Å². The van der Waals surface area contributed by atoms with Gasteiger partial charge in [-0.05, 0) is 23.8 Å². The number of hydrogen-bond donors (Lipinski definition) is 7. The summed E-state index contributed by atoms with van der Waals surface area (Å²) in [5, 5.41) is 30.3. The first-order valence-corrected chi connectivity index (χ1v) is 12.4. The van der Waals surface area contributed by atoms with Crippen molar-refractivity contribution in [2.45, 2.75) is 31.1 Å². The lowest BCUT2D eigenvalue weighted by atomic mass is 10.1. The third kappa shape index (κ3) is 7.48. The van der Waals surface area contributed by atoms with E-state index in [4.69, 9.17) is 25.1 Å². The molecule has 1 aliphatic heterocycles. The van der Waals surface area contributed by atoms with E-state index in [0.29, 0.717) is 12.2 Å². The highest BCUT2D eigenvalue weighted by Gasteiger charge is 2.42. The predicted octanol–water partition coefficient (Wildman–Crippen LogP) is 1.02. The molecule has 4 atom stereocenters. The lowest BCUT2D eigenvalue weighted by Gasteiger charge is -2.14. The molecule has 33 heavy (non-hydrogen) atoms. The summed E-state index contributed by atoms with van der Waals surface area (Å²) >= 11 is 6.95. The number of aliphatic hydroxyl groups excluding tert-OH is 3. The zero-order valence-corrected chi connectivity index (χ0v) is 20.7. The minimum absolute atomic E-state index is 0.612. The minimum atomic E-state index is -4.64. The highest BCUT2D eigenvalue weighted by molar-refractivity contribution is 9.11. The first-order chi connectivity index (χ1) is 15.5. The summed E-state index contributed by atoms with van der Waals surface area (Å²) in [7, 11) is -4.64. The lowest BCUT2D eigenvalue weighted by molar-refractivity contribution is -0.132. The Morgan fingerprint density at radius 3 is 2.39 bits per heavy atom. The van der Waals surface area contributed by atoms with Gasteiger partial charge in [0.15, 0.2) is 17.8 Å². The summed E-state index contributed by atoms with van der Waals surface area (Å²) in [5.41, 5.74) is 2.62. The van der Waals surface area contributed by atoms with Gasteiger partial charge >= 0.3 is 7.82 Å². The molecule has 0 aliphatic carbocycles. The van der Waals surface area contributed by atoms with Crippen molar-refractivity contribution < 1.29 is 38.9 Å². The lowest BCUT2D eigenvalue weighted by Crippen LogP contribution is -2.34. The van der Waals surface area contributed by atoms with Crippen molar-refractivity contribution >= 4 is 56.7 Å². The molecule has 1 aromatic carbocycles. The molecule has 180 valence electrons. The molecule has 4 rings (SSSR count). The summed E-state index contributed by atoms with van der Waals surface area (Å²) in [6.45, 7) is 0.0583. The topological polar surface area (TPSA) is 203 Å². The molecule has 13 nitrogen and oxygen atoms in total. The van der Waals surface area contributed by atoms with Crippen LogP contribution in [0, 0.1) is 0 Å². The van der Waals surface area contributed by atoms with Crippen LogP contribution in [0.2, 0.25) is 0 Å². The van der Waals surface area contributed by atoms with Gasteiger partial charge in [-0.25, -0.2) is 19.5 Å². The summed E-state index contributed by atoms with van der Waals surface area (Å²) < 4.78 is 20.9. The smallest absolute Gasteiger partial charge is 0.387 e. The fourth-order valence-corrected chi connectivity index (χ4v) is 4.56. The molecule has 1 unspecified atom stereocenters. The van der Waals surface area contributed by atoms with E-state index in [2.05, 4.69) is 78.5 Å². The molecule has 1 saturated heterocycles. The number of fused-ring (bicyclic) bond motifs is 1. The number of anilines is 1. The van der Waals surface area contributed by atoms with Gasteiger partial charge in [0.2, 0.25) is 0 Å². The molecule has 16 heteroatoms. The maximum Gasteiger partial charge on any atom is 0.469 e. The SMILES string of the molecule is Brc1cc(Br)cc(CNc2ncnc3nc[nH]c23)c1.O=P(O)(O)OC[C@H]1OC(O)[C@H](O)[C@@H]1O. The van der Waals surface area contributed by atoms with Gasteiger partial charge in [-0.3, -0.25) is 4.52 Å². The number of benzene rings is 1. The Morgan fingerprint density at radius 2 is 1.79 bits per heavy atom. The number of imidazole rings is 1. The summed E-state index contributed by atoms with van der Waals surface area (Å²) in [4.78, 5) is 32.1. The largest absolute Gasteiger partial charge is 0.469 e. The average Bonchev–Trinajstić information content (AvgIpc) is 3.31. The van der Waals surface area contributed by atoms with Gasteiger partial charge in [0.05, 0.1) is 12.9 Å². The molecule has 0 amide bonds. The monoisotopic (exact) mass is 611 g/mol. The standard InChI is InChI=1S/C12H9Br2N5.C5H11O8P/c13-8-1-7(2-9(14)3-8)4-15-11-10-12(17-5-16-10)19-6-18-11;6-3-2(1-12-14(9,10)11)13-5(8)4(3)7/h1-3,5-6H,4H2,(H2,15,16,17,18,19);2-8H,1H2,(H2,9,10,11)/t;2-,3-,4-,5?/m.1/s1. The van der Waals surface area contributed by atoms with E-state index in [1.165, 1.54) is 6.33 Å². The van der Waals surface area contributed by atoms with Crippen LogP contribution in [0.5, 0.6) is 0 Å². The van der Waals surface area contributed by atoms with Crippen molar-refractivity contribution in [3.8, 4) is 0 Å². The predicted molar refractivity (Wildman–Crippen MR) is 122 cm³/mol. The summed E-state index contributed by atoms with van der Waals surface area (Å²) in [6.07, 6.45) is -2.55. The number of nitrogens with zero attached hydrogens (tertiary/aromatic N) is 3. The first-order valence-electron chi connectivity index (χ1n) is 9.26. The Hall–Kier alpha value is -1.52.